The third-order valence-electron chi connectivity index (χ3n) is 6.96. The van der Waals surface area contributed by atoms with Crippen LogP contribution in [0.5, 0.6) is 0 Å². The summed E-state index contributed by atoms with van der Waals surface area (Å²) in [5.41, 5.74) is 4.99. The summed E-state index contributed by atoms with van der Waals surface area (Å²) >= 11 is 0. The molecule has 2 amide bonds. The predicted molar refractivity (Wildman–Crippen MR) is 132 cm³/mol. The van der Waals surface area contributed by atoms with Gasteiger partial charge in [-0.05, 0) is 50.7 Å². The zero-order valence-corrected chi connectivity index (χ0v) is 20.1. The molecular formula is C27H34N4O2. The van der Waals surface area contributed by atoms with Crippen molar-refractivity contribution in [3.05, 3.63) is 70.9 Å². The third kappa shape index (κ3) is 4.27. The highest BCUT2D eigenvalue weighted by Crippen LogP contribution is 2.43. The molecule has 6 nitrogen and oxygen atoms in total. The minimum Gasteiger partial charge on any atom is -0.355 e. The van der Waals surface area contributed by atoms with E-state index in [1.807, 2.05) is 36.4 Å². The maximum atomic E-state index is 13.4. The van der Waals surface area contributed by atoms with Gasteiger partial charge >= 0.3 is 0 Å². The minimum atomic E-state index is -0.277. The molecule has 174 valence electrons. The molecule has 1 N–H and O–H groups in total. The maximum absolute atomic E-state index is 13.4. The van der Waals surface area contributed by atoms with Crippen molar-refractivity contribution in [3.8, 4) is 0 Å². The highest BCUT2D eigenvalue weighted by molar-refractivity contribution is 6.02. The highest BCUT2D eigenvalue weighted by Gasteiger charge is 2.40. The van der Waals surface area contributed by atoms with Crippen molar-refractivity contribution in [1.82, 2.24) is 19.7 Å². The Labute approximate surface area is 196 Å². The van der Waals surface area contributed by atoms with Gasteiger partial charge in [-0.25, -0.2) is 0 Å². The molecule has 1 atom stereocenters. The van der Waals surface area contributed by atoms with Crippen LogP contribution in [0.1, 0.15) is 53.5 Å². The molecule has 0 radical (unpaired) electrons. The van der Waals surface area contributed by atoms with Crippen molar-refractivity contribution in [3.63, 3.8) is 0 Å². The molecule has 0 saturated carbocycles. The number of carbonyl (C=O) groups is 2. The van der Waals surface area contributed by atoms with Crippen LogP contribution in [0.3, 0.4) is 0 Å². The Morgan fingerprint density at radius 2 is 1.76 bits per heavy atom. The van der Waals surface area contributed by atoms with Crippen LogP contribution in [0.2, 0.25) is 0 Å². The van der Waals surface area contributed by atoms with Crippen molar-refractivity contribution in [2.75, 3.05) is 32.7 Å². The van der Waals surface area contributed by atoms with Crippen LogP contribution < -0.4 is 5.32 Å². The van der Waals surface area contributed by atoms with Crippen LogP contribution in [-0.4, -0.2) is 58.9 Å². The van der Waals surface area contributed by atoms with E-state index in [-0.39, 0.29) is 24.4 Å². The summed E-state index contributed by atoms with van der Waals surface area (Å²) in [5, 5.41) is 4.15. The van der Waals surface area contributed by atoms with Crippen LogP contribution >= 0.6 is 0 Å². The fraction of sp³-hybridized carbons (Fsp3) is 0.407. The first-order chi connectivity index (χ1) is 16.0. The molecule has 2 heterocycles. The van der Waals surface area contributed by atoms with Crippen molar-refractivity contribution in [2.24, 2.45) is 7.05 Å². The second-order valence-electron chi connectivity index (χ2n) is 8.73. The molecule has 1 aromatic heterocycles. The molecule has 0 fully saturated rings. The molecule has 0 spiro atoms. The van der Waals surface area contributed by atoms with E-state index < -0.39 is 0 Å². The van der Waals surface area contributed by atoms with E-state index in [1.165, 1.54) is 0 Å². The summed E-state index contributed by atoms with van der Waals surface area (Å²) in [4.78, 5) is 30.4. The Morgan fingerprint density at radius 3 is 2.52 bits per heavy atom. The molecule has 0 bridgehead atoms. The topological polar surface area (TPSA) is 57.6 Å². The fourth-order valence-corrected chi connectivity index (χ4v) is 5.02. The molecule has 0 aliphatic carbocycles. The predicted octanol–water partition coefficient (Wildman–Crippen LogP) is 3.88. The Bertz CT molecular complexity index is 1160. The van der Waals surface area contributed by atoms with Gasteiger partial charge in [-0.1, -0.05) is 50.2 Å². The molecule has 0 unspecified atom stereocenters. The van der Waals surface area contributed by atoms with Crippen molar-refractivity contribution < 1.29 is 9.59 Å². The summed E-state index contributed by atoms with van der Waals surface area (Å²) in [7, 11) is 2.05. The number of nitrogens with one attached hydrogen (secondary N) is 1. The number of aryl methyl sites for hydroxylation is 1. The van der Waals surface area contributed by atoms with Gasteiger partial charge in [-0.15, -0.1) is 0 Å². The summed E-state index contributed by atoms with van der Waals surface area (Å²) < 4.78 is 2.17. The SMILES string of the molecule is CCN(CC)CCCNC(=O)CN1C(=O)c2ccccc2[C@H]1c1c(C)n(C)c2ccccc12. The van der Waals surface area contributed by atoms with Gasteiger partial charge in [-0.3, -0.25) is 9.59 Å². The molecule has 4 rings (SSSR count). The monoisotopic (exact) mass is 446 g/mol. The number of para-hydroxylation sites is 1. The molecule has 1 aliphatic heterocycles. The lowest BCUT2D eigenvalue weighted by Gasteiger charge is -2.26. The van der Waals surface area contributed by atoms with Crippen LogP contribution in [0, 0.1) is 6.92 Å². The largest absolute Gasteiger partial charge is 0.355 e. The zero-order valence-electron chi connectivity index (χ0n) is 20.1. The number of nitrogens with zero attached hydrogens (tertiary/aromatic N) is 3. The van der Waals surface area contributed by atoms with Gasteiger partial charge in [0.15, 0.2) is 0 Å². The van der Waals surface area contributed by atoms with Crippen molar-refractivity contribution in [2.45, 2.75) is 33.2 Å². The quantitative estimate of drug-likeness (QED) is 0.508. The maximum Gasteiger partial charge on any atom is 0.255 e. The Morgan fingerprint density at radius 1 is 1.06 bits per heavy atom. The van der Waals surface area contributed by atoms with Crippen LogP contribution in [0.15, 0.2) is 48.5 Å². The van der Waals surface area contributed by atoms with Gasteiger partial charge in [0.25, 0.3) is 5.91 Å². The van der Waals surface area contributed by atoms with Gasteiger partial charge in [0, 0.05) is 41.3 Å². The van der Waals surface area contributed by atoms with Gasteiger partial charge in [0.2, 0.25) is 5.91 Å². The molecule has 33 heavy (non-hydrogen) atoms. The molecule has 0 saturated heterocycles. The number of carbonyl (C=O) groups excluding carboxylic acids is 2. The fourth-order valence-electron chi connectivity index (χ4n) is 5.02. The number of fused-ring (bicyclic) bond motifs is 2. The average Bonchev–Trinajstić information content (AvgIpc) is 3.24. The van der Waals surface area contributed by atoms with E-state index in [9.17, 15) is 9.59 Å². The Kier molecular flexibility index (Phi) is 6.84. The van der Waals surface area contributed by atoms with Crippen molar-refractivity contribution >= 4 is 22.7 Å². The highest BCUT2D eigenvalue weighted by atomic mass is 16.2. The summed E-state index contributed by atoms with van der Waals surface area (Å²) in [5.74, 6) is -0.195. The number of benzene rings is 2. The lowest BCUT2D eigenvalue weighted by Crippen LogP contribution is -2.40. The van der Waals surface area contributed by atoms with E-state index in [0.29, 0.717) is 12.1 Å². The van der Waals surface area contributed by atoms with E-state index in [4.69, 9.17) is 0 Å². The van der Waals surface area contributed by atoms with Crippen LogP contribution in [-0.2, 0) is 11.8 Å². The normalized spacial score (nSPS) is 15.5. The third-order valence-corrected chi connectivity index (χ3v) is 6.96. The Hall–Kier alpha value is -3.12. The van der Waals surface area contributed by atoms with E-state index in [0.717, 1.165) is 53.8 Å². The number of hydrogen-bond donors (Lipinski definition) is 1. The summed E-state index contributed by atoms with van der Waals surface area (Å²) in [6.45, 7) is 10.0. The number of rotatable bonds is 9. The molecule has 1 aliphatic rings. The summed E-state index contributed by atoms with van der Waals surface area (Å²) in [6, 6.07) is 15.7. The minimum absolute atomic E-state index is 0.0477. The second-order valence-corrected chi connectivity index (χ2v) is 8.73. The zero-order chi connectivity index (χ0) is 23.5. The first-order valence-electron chi connectivity index (χ1n) is 11.9. The van der Waals surface area contributed by atoms with E-state index >= 15 is 0 Å². The first kappa shape index (κ1) is 23.1. The van der Waals surface area contributed by atoms with E-state index in [1.54, 1.807) is 4.90 Å². The lowest BCUT2D eigenvalue weighted by atomic mass is 9.95. The molecule has 2 aromatic carbocycles. The van der Waals surface area contributed by atoms with Gasteiger partial charge in [0.1, 0.15) is 6.54 Å². The smallest absolute Gasteiger partial charge is 0.255 e. The van der Waals surface area contributed by atoms with Crippen molar-refractivity contribution in [1.29, 1.82) is 0 Å². The number of hydrogen-bond acceptors (Lipinski definition) is 3. The van der Waals surface area contributed by atoms with Gasteiger partial charge in [0.05, 0.1) is 6.04 Å². The molecule has 6 heteroatoms. The second kappa shape index (κ2) is 9.79. The first-order valence-corrected chi connectivity index (χ1v) is 11.9. The van der Waals surface area contributed by atoms with Gasteiger partial charge in [-0.2, -0.15) is 0 Å². The molecule has 3 aromatic rings. The Balaban J connectivity index is 1.60. The van der Waals surface area contributed by atoms with E-state index in [2.05, 4.69) is 54.7 Å². The van der Waals surface area contributed by atoms with Crippen LogP contribution in [0.4, 0.5) is 0 Å². The average molecular weight is 447 g/mol. The summed E-state index contributed by atoms with van der Waals surface area (Å²) in [6.07, 6.45) is 0.896. The standard InChI is InChI=1S/C27H34N4O2/c1-5-30(6-2)17-11-16-28-24(32)18-31-26(20-12-7-8-13-21(20)27(31)33)25-19(3)29(4)23-15-10-9-14-22(23)25/h7-10,12-15,26H,5-6,11,16-18H2,1-4H3,(H,28,32)/t26-/m0/s1. The lowest BCUT2D eigenvalue weighted by molar-refractivity contribution is -0.122. The number of amides is 2. The van der Waals surface area contributed by atoms with Crippen LogP contribution in [0.25, 0.3) is 10.9 Å². The number of aromatic nitrogens is 1. The van der Waals surface area contributed by atoms with Gasteiger partial charge < -0.3 is 19.7 Å². The molecular weight excluding hydrogens is 412 g/mol.